The lowest BCUT2D eigenvalue weighted by atomic mass is 10.1. The summed E-state index contributed by atoms with van der Waals surface area (Å²) in [6.45, 7) is 3.33. The number of esters is 1. The maximum absolute atomic E-state index is 10.6. The summed E-state index contributed by atoms with van der Waals surface area (Å²) in [5, 5.41) is 8.36. The molecule has 0 amide bonds. The van der Waals surface area contributed by atoms with Crippen LogP contribution in [-0.4, -0.2) is 17.0 Å². The average molecular weight is 142 g/mol. The smallest absolute Gasteiger partial charge is 0.325 e. The van der Waals surface area contributed by atoms with Crippen LogP contribution >= 0.6 is 0 Å². The molecule has 0 aromatic carbocycles. The minimum atomic E-state index is -1.15. The van der Waals surface area contributed by atoms with E-state index in [0.29, 0.717) is 0 Å². The molecule has 0 bridgehead atoms. The highest BCUT2D eigenvalue weighted by Gasteiger charge is 2.35. The van der Waals surface area contributed by atoms with E-state index in [1.54, 1.807) is 0 Å². The molecule has 1 atom stereocenters. The Bertz CT molecular complexity index is 206. The number of hydrogen-bond donors (Lipinski definition) is 1. The van der Waals surface area contributed by atoms with Gasteiger partial charge in [-0.1, -0.05) is 6.58 Å². The van der Waals surface area contributed by atoms with Crippen LogP contribution < -0.4 is 0 Å². The van der Waals surface area contributed by atoms with E-state index in [9.17, 15) is 9.59 Å². The highest BCUT2D eigenvalue weighted by Crippen LogP contribution is 2.22. The van der Waals surface area contributed by atoms with E-state index in [4.69, 9.17) is 5.11 Å². The number of carboxylic acid groups (broad SMARTS) is 1. The van der Waals surface area contributed by atoms with E-state index < -0.39 is 17.9 Å². The summed E-state index contributed by atoms with van der Waals surface area (Å²) in [7, 11) is 0. The number of cyclic esters (lactones) is 1. The van der Waals surface area contributed by atoms with Crippen LogP contribution in [0.15, 0.2) is 12.3 Å². The van der Waals surface area contributed by atoms with Crippen molar-refractivity contribution in [2.45, 2.75) is 6.42 Å². The molecule has 1 N–H and O–H groups in total. The van der Waals surface area contributed by atoms with Crippen LogP contribution in [0.25, 0.3) is 0 Å². The van der Waals surface area contributed by atoms with Crippen LogP contribution in [0.4, 0.5) is 0 Å². The maximum Gasteiger partial charge on any atom is 0.325 e. The molecule has 0 radical (unpaired) electrons. The highest BCUT2D eigenvalue weighted by molar-refractivity contribution is 5.96. The Labute approximate surface area is 57.1 Å². The second kappa shape index (κ2) is 2.13. The van der Waals surface area contributed by atoms with Crippen molar-refractivity contribution in [3.63, 3.8) is 0 Å². The average Bonchev–Trinajstić information content (AvgIpc) is 2.10. The fourth-order valence-electron chi connectivity index (χ4n) is 0.754. The molecule has 1 fully saturated rings. The zero-order chi connectivity index (χ0) is 7.72. The molecule has 4 nitrogen and oxygen atoms in total. The fourth-order valence-corrected chi connectivity index (χ4v) is 0.754. The number of carbonyl (C=O) groups is 2. The zero-order valence-electron chi connectivity index (χ0n) is 5.16. The van der Waals surface area contributed by atoms with Crippen molar-refractivity contribution in [3.8, 4) is 0 Å². The largest absolute Gasteiger partial charge is 0.481 e. The molecule has 0 aliphatic carbocycles. The van der Waals surface area contributed by atoms with E-state index in [2.05, 4.69) is 11.3 Å². The number of rotatable bonds is 1. The second-order valence-corrected chi connectivity index (χ2v) is 2.05. The summed E-state index contributed by atoms with van der Waals surface area (Å²) >= 11 is 0. The second-order valence-electron chi connectivity index (χ2n) is 2.05. The van der Waals surface area contributed by atoms with Crippen molar-refractivity contribution in [1.82, 2.24) is 0 Å². The molecule has 1 aliphatic rings. The first-order chi connectivity index (χ1) is 4.61. The van der Waals surface area contributed by atoms with Gasteiger partial charge in [0.25, 0.3) is 0 Å². The highest BCUT2D eigenvalue weighted by atomic mass is 16.5. The molecule has 0 aromatic heterocycles. The summed E-state index contributed by atoms with van der Waals surface area (Å²) in [4.78, 5) is 20.8. The van der Waals surface area contributed by atoms with Crippen molar-refractivity contribution in [2.75, 3.05) is 0 Å². The van der Waals surface area contributed by atoms with Crippen LogP contribution in [0.2, 0.25) is 0 Å². The zero-order valence-corrected chi connectivity index (χ0v) is 5.16. The summed E-state index contributed by atoms with van der Waals surface area (Å²) in [5.41, 5.74) is 0. The number of carboxylic acids is 1. The predicted octanol–water partition coefficient (Wildman–Crippen LogP) is 0.148. The van der Waals surface area contributed by atoms with Crippen molar-refractivity contribution in [1.29, 1.82) is 0 Å². The number of hydrogen-bond acceptors (Lipinski definition) is 3. The Kier molecular flexibility index (Phi) is 1.45. The van der Waals surface area contributed by atoms with Crippen molar-refractivity contribution >= 4 is 11.9 Å². The molecule has 1 heterocycles. The predicted molar refractivity (Wildman–Crippen MR) is 31.0 cm³/mol. The molecule has 1 unspecified atom stereocenters. The molecule has 1 saturated heterocycles. The molecule has 0 saturated carbocycles. The van der Waals surface area contributed by atoms with E-state index in [-0.39, 0.29) is 12.2 Å². The van der Waals surface area contributed by atoms with Gasteiger partial charge in [0.15, 0.2) is 5.92 Å². The van der Waals surface area contributed by atoms with Crippen molar-refractivity contribution in [2.24, 2.45) is 5.92 Å². The summed E-state index contributed by atoms with van der Waals surface area (Å²) in [6.07, 6.45) is 0.105. The van der Waals surface area contributed by atoms with E-state index in [1.165, 1.54) is 0 Å². The van der Waals surface area contributed by atoms with E-state index >= 15 is 0 Å². The summed E-state index contributed by atoms with van der Waals surface area (Å²) in [6, 6.07) is 0. The minimum absolute atomic E-state index is 0.105. The summed E-state index contributed by atoms with van der Waals surface area (Å²) in [5.74, 6) is -2.66. The lowest BCUT2D eigenvalue weighted by molar-refractivity contribution is -0.151. The molecule has 10 heavy (non-hydrogen) atoms. The lowest BCUT2D eigenvalue weighted by Crippen LogP contribution is -2.17. The first-order valence-corrected chi connectivity index (χ1v) is 2.73. The Hall–Kier alpha value is -1.32. The maximum atomic E-state index is 10.6. The lowest BCUT2D eigenvalue weighted by Gasteiger charge is -1.93. The van der Waals surface area contributed by atoms with Gasteiger partial charge in [0.1, 0.15) is 5.76 Å². The van der Waals surface area contributed by atoms with Gasteiger partial charge in [0.05, 0.1) is 0 Å². The van der Waals surface area contributed by atoms with Gasteiger partial charge in [0, 0.05) is 6.42 Å². The molecule has 1 aliphatic heterocycles. The topological polar surface area (TPSA) is 63.6 Å². The normalized spacial score (nSPS) is 24.6. The van der Waals surface area contributed by atoms with Gasteiger partial charge in [-0.05, 0) is 0 Å². The minimum Gasteiger partial charge on any atom is -0.481 e. The van der Waals surface area contributed by atoms with E-state index in [1.807, 2.05) is 0 Å². The van der Waals surface area contributed by atoms with Gasteiger partial charge >= 0.3 is 11.9 Å². The van der Waals surface area contributed by atoms with Crippen LogP contribution in [0.3, 0.4) is 0 Å². The van der Waals surface area contributed by atoms with Crippen LogP contribution in [0.5, 0.6) is 0 Å². The van der Waals surface area contributed by atoms with Gasteiger partial charge in [-0.15, -0.1) is 0 Å². The number of ether oxygens (including phenoxy) is 1. The Morgan fingerprint density at radius 1 is 1.80 bits per heavy atom. The summed E-state index contributed by atoms with van der Waals surface area (Å²) < 4.78 is 4.42. The van der Waals surface area contributed by atoms with Crippen molar-refractivity contribution < 1.29 is 19.4 Å². The van der Waals surface area contributed by atoms with Gasteiger partial charge in [-0.2, -0.15) is 0 Å². The van der Waals surface area contributed by atoms with Crippen LogP contribution in [-0.2, 0) is 14.3 Å². The fraction of sp³-hybridized carbons (Fsp3) is 0.333. The third-order valence-corrected chi connectivity index (χ3v) is 1.26. The van der Waals surface area contributed by atoms with Gasteiger partial charge in [-0.3, -0.25) is 9.59 Å². The Balaban J connectivity index is 2.72. The molecular weight excluding hydrogens is 136 g/mol. The quantitative estimate of drug-likeness (QED) is 0.418. The molecular formula is C6H6O4. The molecule has 4 heteroatoms. The molecule has 1 rings (SSSR count). The third-order valence-electron chi connectivity index (χ3n) is 1.26. The number of aliphatic carboxylic acids is 1. The third kappa shape index (κ3) is 1.00. The van der Waals surface area contributed by atoms with Gasteiger partial charge in [-0.25, -0.2) is 0 Å². The monoisotopic (exact) mass is 142 g/mol. The first kappa shape index (κ1) is 6.80. The van der Waals surface area contributed by atoms with Crippen LogP contribution in [0.1, 0.15) is 6.42 Å². The SMILES string of the molecule is C=C1CC(C(=O)O)C(=O)O1. The standard InChI is InChI=1S/C6H6O4/c1-3-2-4(5(7)8)6(9)10-3/h4H,1-2H2,(H,7,8). The molecule has 54 valence electrons. The van der Waals surface area contributed by atoms with E-state index in [0.717, 1.165) is 0 Å². The van der Waals surface area contributed by atoms with Gasteiger partial charge in [0.2, 0.25) is 0 Å². The van der Waals surface area contributed by atoms with Crippen molar-refractivity contribution in [3.05, 3.63) is 12.3 Å². The Morgan fingerprint density at radius 3 is 2.60 bits per heavy atom. The Morgan fingerprint density at radius 2 is 2.40 bits per heavy atom. The number of allylic oxidation sites excluding steroid dienone is 1. The van der Waals surface area contributed by atoms with Gasteiger partial charge < -0.3 is 9.84 Å². The van der Waals surface area contributed by atoms with Crippen LogP contribution in [0, 0.1) is 5.92 Å². The first-order valence-electron chi connectivity index (χ1n) is 2.73. The number of carbonyl (C=O) groups excluding carboxylic acids is 1. The molecule has 0 spiro atoms. The molecule has 0 aromatic rings.